The molecule has 0 aliphatic heterocycles. The molecule has 0 radical (unpaired) electrons. The van der Waals surface area contributed by atoms with Crippen molar-refractivity contribution >= 4 is 5.91 Å². The maximum atomic E-state index is 11.5. The summed E-state index contributed by atoms with van der Waals surface area (Å²) in [6.07, 6.45) is 0.680. The lowest BCUT2D eigenvalue weighted by molar-refractivity contribution is -0.123. The number of aliphatic hydroxyl groups excluding tert-OH is 1. The highest BCUT2D eigenvalue weighted by atomic mass is 16.5. The molecule has 0 bridgehead atoms. The molecule has 0 spiro atoms. The molecule has 0 aliphatic rings. The molecule has 16 heavy (non-hydrogen) atoms. The van der Waals surface area contributed by atoms with Gasteiger partial charge in [0.05, 0.1) is 12.1 Å². The van der Waals surface area contributed by atoms with Gasteiger partial charge in [0, 0.05) is 12.8 Å². The molecule has 1 amide bonds. The summed E-state index contributed by atoms with van der Waals surface area (Å²) in [4.78, 5) is 15.5. The molecule has 0 aliphatic carbocycles. The first-order chi connectivity index (χ1) is 7.43. The second-order valence-electron chi connectivity index (χ2n) is 4.33. The highest BCUT2D eigenvalue weighted by Gasteiger charge is 2.19. The summed E-state index contributed by atoms with van der Waals surface area (Å²) in [5.74, 6) is 0.871. The van der Waals surface area contributed by atoms with E-state index < -0.39 is 5.54 Å². The Morgan fingerprint density at radius 3 is 2.75 bits per heavy atom. The minimum absolute atomic E-state index is 0.0988. The Morgan fingerprint density at radius 2 is 2.25 bits per heavy atom. The SMILES string of the molecule is Cc1noc(CCC(=O)NC(C)(C)CO)n1. The largest absolute Gasteiger partial charge is 0.394 e. The first-order valence-electron chi connectivity index (χ1n) is 5.14. The van der Waals surface area contributed by atoms with Crippen molar-refractivity contribution in [2.24, 2.45) is 0 Å². The number of carbonyl (C=O) groups excluding carboxylic acids is 1. The molecule has 0 aromatic carbocycles. The zero-order chi connectivity index (χ0) is 12.2. The fourth-order valence-electron chi connectivity index (χ4n) is 1.14. The van der Waals surface area contributed by atoms with Crippen LogP contribution >= 0.6 is 0 Å². The molecule has 1 heterocycles. The van der Waals surface area contributed by atoms with E-state index >= 15 is 0 Å². The Labute approximate surface area is 94.0 Å². The van der Waals surface area contributed by atoms with E-state index in [-0.39, 0.29) is 18.9 Å². The molecule has 1 rings (SSSR count). The van der Waals surface area contributed by atoms with Crippen molar-refractivity contribution < 1.29 is 14.4 Å². The van der Waals surface area contributed by atoms with Gasteiger partial charge in [-0.2, -0.15) is 4.98 Å². The van der Waals surface area contributed by atoms with Gasteiger partial charge < -0.3 is 14.9 Å². The van der Waals surface area contributed by atoms with Crippen molar-refractivity contribution in [3.63, 3.8) is 0 Å². The van der Waals surface area contributed by atoms with Crippen LogP contribution in [0, 0.1) is 6.92 Å². The van der Waals surface area contributed by atoms with Gasteiger partial charge in [0.25, 0.3) is 0 Å². The van der Waals surface area contributed by atoms with E-state index in [0.717, 1.165) is 0 Å². The molecule has 0 atom stereocenters. The first kappa shape index (κ1) is 12.6. The third-order valence-corrected chi connectivity index (χ3v) is 2.01. The predicted molar refractivity (Wildman–Crippen MR) is 56.7 cm³/mol. The van der Waals surface area contributed by atoms with Crippen molar-refractivity contribution in [2.45, 2.75) is 39.2 Å². The number of aryl methyl sites for hydroxylation is 2. The average molecular weight is 227 g/mol. The van der Waals surface area contributed by atoms with Gasteiger partial charge in [0.15, 0.2) is 5.82 Å². The Morgan fingerprint density at radius 1 is 1.56 bits per heavy atom. The Kier molecular flexibility index (Phi) is 4.00. The van der Waals surface area contributed by atoms with E-state index in [4.69, 9.17) is 9.63 Å². The molecule has 0 unspecified atom stereocenters. The van der Waals surface area contributed by atoms with Gasteiger partial charge >= 0.3 is 0 Å². The molecule has 0 saturated carbocycles. The summed E-state index contributed by atoms with van der Waals surface area (Å²) >= 11 is 0. The van der Waals surface area contributed by atoms with E-state index in [9.17, 15) is 4.79 Å². The lowest BCUT2D eigenvalue weighted by Gasteiger charge is -2.23. The lowest BCUT2D eigenvalue weighted by atomic mass is 10.1. The number of aromatic nitrogens is 2. The van der Waals surface area contributed by atoms with Crippen LogP contribution in [0.2, 0.25) is 0 Å². The van der Waals surface area contributed by atoms with Gasteiger partial charge in [-0.05, 0) is 20.8 Å². The molecule has 0 fully saturated rings. The second-order valence-corrected chi connectivity index (χ2v) is 4.33. The van der Waals surface area contributed by atoms with Crippen molar-refractivity contribution in [2.75, 3.05) is 6.61 Å². The second kappa shape index (κ2) is 5.07. The Bertz CT molecular complexity index is 360. The van der Waals surface area contributed by atoms with Crippen molar-refractivity contribution in [3.8, 4) is 0 Å². The van der Waals surface area contributed by atoms with Gasteiger partial charge in [-0.25, -0.2) is 0 Å². The van der Waals surface area contributed by atoms with Gasteiger partial charge in [0.2, 0.25) is 11.8 Å². The standard InChI is InChI=1S/C10H17N3O3/c1-7-11-9(16-13-7)5-4-8(15)12-10(2,3)6-14/h14H,4-6H2,1-3H3,(H,12,15). The summed E-state index contributed by atoms with van der Waals surface area (Å²) < 4.78 is 4.88. The van der Waals surface area contributed by atoms with E-state index in [1.165, 1.54) is 0 Å². The van der Waals surface area contributed by atoms with Crippen LogP contribution in [0.5, 0.6) is 0 Å². The van der Waals surface area contributed by atoms with Crippen molar-refractivity contribution in [1.29, 1.82) is 0 Å². The van der Waals surface area contributed by atoms with Crippen LogP contribution in [0.1, 0.15) is 32.0 Å². The number of hydrogen-bond donors (Lipinski definition) is 2. The minimum atomic E-state index is -0.595. The number of nitrogens with zero attached hydrogens (tertiary/aromatic N) is 2. The molecule has 6 nitrogen and oxygen atoms in total. The third kappa shape index (κ3) is 3.98. The highest BCUT2D eigenvalue weighted by molar-refractivity contribution is 5.76. The highest BCUT2D eigenvalue weighted by Crippen LogP contribution is 2.03. The molecule has 6 heteroatoms. The van der Waals surface area contributed by atoms with Crippen LogP contribution < -0.4 is 5.32 Å². The summed E-state index contributed by atoms with van der Waals surface area (Å²) in [6, 6.07) is 0. The van der Waals surface area contributed by atoms with Crippen LogP contribution in [-0.2, 0) is 11.2 Å². The van der Waals surface area contributed by atoms with E-state index in [2.05, 4.69) is 15.5 Å². The molecular weight excluding hydrogens is 210 g/mol. The van der Waals surface area contributed by atoms with Gasteiger partial charge in [-0.1, -0.05) is 5.16 Å². The normalized spacial score (nSPS) is 11.5. The molecule has 1 aromatic heterocycles. The summed E-state index contributed by atoms with van der Waals surface area (Å²) in [5, 5.41) is 15.3. The quantitative estimate of drug-likeness (QED) is 0.750. The van der Waals surface area contributed by atoms with Crippen molar-refractivity contribution in [1.82, 2.24) is 15.5 Å². The number of rotatable bonds is 5. The molecular formula is C10H17N3O3. The van der Waals surface area contributed by atoms with E-state index in [1.807, 2.05) is 0 Å². The molecule has 2 N–H and O–H groups in total. The zero-order valence-electron chi connectivity index (χ0n) is 9.78. The summed E-state index contributed by atoms with van der Waals surface area (Å²) in [7, 11) is 0. The zero-order valence-corrected chi connectivity index (χ0v) is 9.78. The molecule has 1 aromatic rings. The maximum Gasteiger partial charge on any atom is 0.227 e. The maximum absolute atomic E-state index is 11.5. The van der Waals surface area contributed by atoms with Crippen LogP contribution in [0.3, 0.4) is 0 Å². The smallest absolute Gasteiger partial charge is 0.227 e. The molecule has 90 valence electrons. The Hall–Kier alpha value is -1.43. The van der Waals surface area contributed by atoms with Crippen LogP contribution in [0.15, 0.2) is 4.52 Å². The third-order valence-electron chi connectivity index (χ3n) is 2.01. The summed E-state index contributed by atoms with van der Waals surface area (Å²) in [6.45, 7) is 5.13. The summed E-state index contributed by atoms with van der Waals surface area (Å²) in [5.41, 5.74) is -0.595. The molecule has 0 saturated heterocycles. The van der Waals surface area contributed by atoms with E-state index in [1.54, 1.807) is 20.8 Å². The number of nitrogens with one attached hydrogen (secondary N) is 1. The number of hydrogen-bond acceptors (Lipinski definition) is 5. The monoisotopic (exact) mass is 227 g/mol. The lowest BCUT2D eigenvalue weighted by Crippen LogP contribution is -2.46. The van der Waals surface area contributed by atoms with Gasteiger partial charge in [-0.15, -0.1) is 0 Å². The van der Waals surface area contributed by atoms with Crippen LogP contribution in [-0.4, -0.2) is 33.3 Å². The average Bonchev–Trinajstić information content (AvgIpc) is 2.61. The van der Waals surface area contributed by atoms with Gasteiger partial charge in [-0.3, -0.25) is 4.79 Å². The topological polar surface area (TPSA) is 88.2 Å². The van der Waals surface area contributed by atoms with Crippen LogP contribution in [0.4, 0.5) is 0 Å². The fraction of sp³-hybridized carbons (Fsp3) is 0.700. The minimum Gasteiger partial charge on any atom is -0.394 e. The number of carbonyl (C=O) groups is 1. The van der Waals surface area contributed by atoms with Crippen molar-refractivity contribution in [3.05, 3.63) is 11.7 Å². The Balaban J connectivity index is 2.36. The van der Waals surface area contributed by atoms with E-state index in [0.29, 0.717) is 18.1 Å². The predicted octanol–water partition coefficient (Wildman–Crippen LogP) is 0.198. The number of amides is 1. The number of aliphatic hydroxyl groups is 1. The fourth-order valence-corrected chi connectivity index (χ4v) is 1.14. The van der Waals surface area contributed by atoms with Gasteiger partial charge in [0.1, 0.15) is 0 Å². The van der Waals surface area contributed by atoms with Crippen LogP contribution in [0.25, 0.3) is 0 Å². The first-order valence-corrected chi connectivity index (χ1v) is 5.14.